The molecule has 1 aliphatic carbocycles. The fourth-order valence-corrected chi connectivity index (χ4v) is 10.5. The molecule has 0 saturated carbocycles. The van der Waals surface area contributed by atoms with Crippen LogP contribution in [0.3, 0.4) is 0 Å². The minimum Gasteiger partial charge on any atom is -0.302 e. The molecular weight excluding hydrogens is 813 g/mol. The summed E-state index contributed by atoms with van der Waals surface area (Å²) >= 11 is 0. The Balaban J connectivity index is 1.07. The van der Waals surface area contributed by atoms with Gasteiger partial charge in [-0.25, -0.2) is 0 Å². The first kappa shape index (κ1) is 45.2. The smallest absolute Gasteiger partial charge is 0.0948 e. The molecule has 8 aromatic rings. The summed E-state index contributed by atoms with van der Waals surface area (Å²) in [6.07, 6.45) is 10.1. The highest BCUT2D eigenvalue weighted by Gasteiger charge is 2.41. The van der Waals surface area contributed by atoms with Gasteiger partial charge in [0.2, 0.25) is 0 Å². The third-order valence-electron chi connectivity index (χ3n) is 13.7. The highest BCUT2D eigenvalue weighted by molar-refractivity contribution is 5.51. The molecule has 67 heavy (non-hydrogen) atoms. The zero-order valence-electron chi connectivity index (χ0n) is 38.4. The van der Waals surface area contributed by atoms with Gasteiger partial charge in [0.1, 0.15) is 0 Å². The Labute approximate surface area is 398 Å². The van der Waals surface area contributed by atoms with Crippen molar-refractivity contribution >= 4 is 0 Å². The molecule has 0 bridgehead atoms. The van der Waals surface area contributed by atoms with Crippen LogP contribution in [-0.2, 0) is 16.6 Å². The molecule has 0 heterocycles. The quantitative estimate of drug-likeness (QED) is 0.0629. The lowest BCUT2D eigenvalue weighted by atomic mass is 9.70. The van der Waals surface area contributed by atoms with Crippen molar-refractivity contribution in [3.63, 3.8) is 0 Å². The molecule has 8 aromatic carbocycles. The molecule has 0 spiro atoms. The molecule has 4 nitrogen and oxygen atoms in total. The predicted molar refractivity (Wildman–Crippen MR) is 279 cm³/mol. The molecule has 0 aliphatic heterocycles. The zero-order valence-corrected chi connectivity index (χ0v) is 38.4. The van der Waals surface area contributed by atoms with Crippen LogP contribution in [-0.4, -0.2) is 44.2 Å². The van der Waals surface area contributed by atoms with Crippen LogP contribution in [0.1, 0.15) is 50.9 Å². The number of hydrogen-bond donors (Lipinski definition) is 3. The maximum atomic E-state index is 4.27. The largest absolute Gasteiger partial charge is 0.302 e. The number of hydrogen-bond acceptors (Lipinski definition) is 4. The Morgan fingerprint density at radius 2 is 0.597 bits per heavy atom. The van der Waals surface area contributed by atoms with Gasteiger partial charge in [-0.1, -0.05) is 267 Å². The Kier molecular flexibility index (Phi) is 14.9. The molecule has 0 saturated heterocycles. The minimum atomic E-state index is -0.564. The van der Waals surface area contributed by atoms with E-state index in [1.807, 2.05) is 0 Å². The van der Waals surface area contributed by atoms with E-state index in [2.05, 4.69) is 288 Å². The molecule has 0 amide bonds. The van der Waals surface area contributed by atoms with Crippen molar-refractivity contribution < 1.29 is 0 Å². The van der Waals surface area contributed by atoms with Crippen molar-refractivity contribution in [1.29, 1.82) is 0 Å². The molecule has 334 valence electrons. The maximum Gasteiger partial charge on any atom is 0.0948 e. The molecule has 0 radical (unpaired) electrons. The van der Waals surface area contributed by atoms with E-state index in [0.717, 1.165) is 45.7 Å². The molecule has 1 atom stereocenters. The summed E-state index contributed by atoms with van der Waals surface area (Å²) in [4.78, 5) is 2.64. The Bertz CT molecular complexity index is 2360. The topological polar surface area (TPSA) is 39.3 Å². The van der Waals surface area contributed by atoms with E-state index in [-0.39, 0.29) is 5.92 Å². The standard InChI is InChI=1S/C63H62N4/c1-10-28-52(29-11-1)61(53-30-12-2-13-31-53,54-32-14-3-15-33-54)64-46-49-67(50-47-65-62(55-34-16-4-17-35-55,56-36-18-5-19-37-56)57-38-20-6-21-39-57)51-48-66-63(58-40-22-7-23-41-58,59-42-24-8-25-43-59)60-44-26-9-27-45-60/h1-44,60,64-66H,45-51H2. The van der Waals surface area contributed by atoms with E-state index >= 15 is 0 Å². The van der Waals surface area contributed by atoms with E-state index in [1.54, 1.807) is 0 Å². The van der Waals surface area contributed by atoms with Crippen molar-refractivity contribution in [1.82, 2.24) is 20.9 Å². The van der Waals surface area contributed by atoms with Crippen LogP contribution in [0.15, 0.2) is 267 Å². The van der Waals surface area contributed by atoms with Gasteiger partial charge >= 0.3 is 0 Å². The van der Waals surface area contributed by atoms with Crippen LogP contribution in [0, 0.1) is 5.92 Å². The highest BCUT2D eigenvalue weighted by Crippen LogP contribution is 2.42. The van der Waals surface area contributed by atoms with Gasteiger partial charge in [-0.2, -0.15) is 0 Å². The number of rotatable bonds is 21. The van der Waals surface area contributed by atoms with Crippen LogP contribution in [0.5, 0.6) is 0 Å². The van der Waals surface area contributed by atoms with Crippen molar-refractivity contribution in [3.8, 4) is 0 Å². The van der Waals surface area contributed by atoms with E-state index in [1.165, 1.54) is 44.5 Å². The van der Waals surface area contributed by atoms with Gasteiger partial charge in [0, 0.05) is 45.2 Å². The van der Waals surface area contributed by atoms with Crippen LogP contribution in [0.25, 0.3) is 0 Å². The molecule has 9 rings (SSSR count). The fourth-order valence-electron chi connectivity index (χ4n) is 10.5. The second-order valence-electron chi connectivity index (χ2n) is 17.5. The molecule has 1 aliphatic rings. The van der Waals surface area contributed by atoms with E-state index < -0.39 is 16.6 Å². The second kappa shape index (κ2) is 22.0. The maximum absolute atomic E-state index is 4.27. The van der Waals surface area contributed by atoms with Gasteiger partial charge in [0.05, 0.1) is 16.6 Å². The van der Waals surface area contributed by atoms with Crippen LogP contribution in [0.2, 0.25) is 0 Å². The lowest BCUT2D eigenvalue weighted by Crippen LogP contribution is -2.53. The van der Waals surface area contributed by atoms with Crippen molar-refractivity contribution in [2.24, 2.45) is 5.92 Å². The monoisotopic (exact) mass is 874 g/mol. The second-order valence-corrected chi connectivity index (χ2v) is 17.5. The average Bonchev–Trinajstić information content (AvgIpc) is 3.42. The van der Waals surface area contributed by atoms with Crippen LogP contribution >= 0.6 is 0 Å². The SMILES string of the molecule is C1=CCC(C(NCCN(CCNC(c2ccccc2)(c2ccccc2)c2ccccc2)CCNC(c2ccccc2)(c2ccccc2)c2ccccc2)(c2ccccc2)c2ccccc2)C=C1. The highest BCUT2D eigenvalue weighted by atomic mass is 15.2. The normalized spacial score (nSPS) is 14.0. The summed E-state index contributed by atoms with van der Waals surface area (Å²) in [6.45, 7) is 4.75. The molecule has 0 aromatic heterocycles. The van der Waals surface area contributed by atoms with Crippen molar-refractivity contribution in [2.45, 2.75) is 23.0 Å². The number of allylic oxidation sites excluding steroid dienone is 3. The number of nitrogens with zero attached hydrogens (tertiary/aromatic N) is 1. The lowest BCUT2D eigenvalue weighted by Gasteiger charge is -2.43. The van der Waals surface area contributed by atoms with Gasteiger partial charge in [-0.15, -0.1) is 0 Å². The first-order chi connectivity index (χ1) is 33.2. The summed E-state index contributed by atoms with van der Waals surface area (Å²) in [7, 11) is 0. The lowest BCUT2D eigenvalue weighted by molar-refractivity contribution is 0.232. The minimum absolute atomic E-state index is 0.227. The molecule has 0 fully saturated rings. The van der Waals surface area contributed by atoms with Crippen molar-refractivity contribution in [2.75, 3.05) is 39.3 Å². The number of nitrogens with one attached hydrogen (secondary N) is 3. The van der Waals surface area contributed by atoms with Gasteiger partial charge in [-0.3, -0.25) is 15.5 Å². The van der Waals surface area contributed by atoms with Crippen LogP contribution < -0.4 is 16.0 Å². The predicted octanol–water partition coefficient (Wildman–Crippen LogP) is 12.1. The Morgan fingerprint density at radius 1 is 0.328 bits per heavy atom. The Hall–Kier alpha value is -6.92. The summed E-state index contributed by atoms with van der Waals surface area (Å²) < 4.78 is 0. The van der Waals surface area contributed by atoms with E-state index in [0.29, 0.717) is 0 Å². The zero-order chi connectivity index (χ0) is 45.5. The molecular formula is C63H62N4. The third-order valence-corrected chi connectivity index (χ3v) is 13.7. The van der Waals surface area contributed by atoms with Gasteiger partial charge in [0.15, 0.2) is 0 Å². The third kappa shape index (κ3) is 9.81. The average molecular weight is 875 g/mol. The molecule has 3 N–H and O–H groups in total. The summed E-state index contributed by atoms with van der Waals surface area (Å²) in [6, 6.07) is 87.8. The molecule has 1 unspecified atom stereocenters. The summed E-state index contributed by atoms with van der Waals surface area (Å²) in [5, 5.41) is 12.7. The fraction of sp³-hybridized carbons (Fsp3) is 0.175. The molecule has 4 heteroatoms. The first-order valence-corrected chi connectivity index (χ1v) is 24.0. The van der Waals surface area contributed by atoms with Crippen LogP contribution in [0.4, 0.5) is 0 Å². The Morgan fingerprint density at radius 3 is 0.866 bits per heavy atom. The van der Waals surface area contributed by atoms with E-state index in [9.17, 15) is 0 Å². The van der Waals surface area contributed by atoms with E-state index in [4.69, 9.17) is 0 Å². The summed E-state index contributed by atoms with van der Waals surface area (Å²) in [5.41, 5.74) is 8.27. The van der Waals surface area contributed by atoms with Gasteiger partial charge in [0.25, 0.3) is 0 Å². The van der Waals surface area contributed by atoms with Gasteiger partial charge < -0.3 is 5.32 Å². The van der Waals surface area contributed by atoms with Gasteiger partial charge in [-0.05, 0) is 50.9 Å². The summed E-state index contributed by atoms with van der Waals surface area (Å²) in [5.74, 6) is 0.227. The first-order valence-electron chi connectivity index (χ1n) is 24.0. The van der Waals surface area contributed by atoms with Crippen molar-refractivity contribution in [3.05, 3.63) is 311 Å². The number of benzene rings is 8.